The molecule has 0 fully saturated rings. The number of nitrogens with zero attached hydrogens (tertiary/aromatic N) is 2. The molecule has 158 valence electrons. The zero-order valence-corrected chi connectivity index (χ0v) is 18.5. The van der Waals surface area contributed by atoms with E-state index in [9.17, 15) is 13.2 Å². The number of sulfonamides is 1. The highest BCUT2D eigenvalue weighted by molar-refractivity contribution is 7.89. The van der Waals surface area contributed by atoms with Crippen molar-refractivity contribution in [2.45, 2.75) is 31.4 Å². The van der Waals surface area contributed by atoms with Crippen LogP contribution in [0, 0.1) is 6.92 Å². The molecule has 30 heavy (non-hydrogen) atoms. The highest BCUT2D eigenvalue weighted by atomic mass is 32.2. The van der Waals surface area contributed by atoms with E-state index in [1.807, 2.05) is 38.1 Å². The molecule has 0 saturated carbocycles. The molecule has 2 N–H and O–H groups in total. The molecule has 9 heteroatoms. The van der Waals surface area contributed by atoms with Gasteiger partial charge in [0.25, 0.3) is 5.91 Å². The third-order valence-electron chi connectivity index (χ3n) is 4.75. The van der Waals surface area contributed by atoms with Crippen LogP contribution in [0.15, 0.2) is 58.8 Å². The number of hydrogen-bond acceptors (Lipinski definition) is 6. The van der Waals surface area contributed by atoms with Gasteiger partial charge in [0.15, 0.2) is 0 Å². The van der Waals surface area contributed by atoms with Crippen molar-refractivity contribution in [3.05, 3.63) is 75.7 Å². The quantitative estimate of drug-likeness (QED) is 0.599. The van der Waals surface area contributed by atoms with Gasteiger partial charge >= 0.3 is 0 Å². The van der Waals surface area contributed by atoms with Crippen molar-refractivity contribution in [3.63, 3.8) is 0 Å². The van der Waals surface area contributed by atoms with E-state index in [1.54, 1.807) is 29.5 Å². The Morgan fingerprint density at radius 3 is 2.40 bits per heavy atom. The average Bonchev–Trinajstić information content (AvgIpc) is 3.20. The van der Waals surface area contributed by atoms with Gasteiger partial charge in [-0.25, -0.2) is 18.5 Å². The third-order valence-corrected chi connectivity index (χ3v) is 6.50. The van der Waals surface area contributed by atoms with Gasteiger partial charge in [-0.3, -0.25) is 4.79 Å². The molecular weight excluding hydrogens is 422 g/mol. The fraction of sp³-hybridized carbons (Fsp3) is 0.238. The number of benzene rings is 2. The zero-order valence-electron chi connectivity index (χ0n) is 16.9. The average molecular weight is 446 g/mol. The van der Waals surface area contributed by atoms with E-state index in [0.29, 0.717) is 10.7 Å². The Kier molecular flexibility index (Phi) is 6.55. The second-order valence-electron chi connectivity index (χ2n) is 6.93. The van der Waals surface area contributed by atoms with Crippen LogP contribution in [-0.4, -0.2) is 31.3 Å². The zero-order chi connectivity index (χ0) is 21.9. The summed E-state index contributed by atoms with van der Waals surface area (Å²) in [7, 11) is -2.07. The number of carbonyl (C=O) groups is 1. The highest BCUT2D eigenvalue weighted by Crippen LogP contribution is 2.23. The number of nitrogens with two attached hydrogens (primary N) is 1. The molecule has 3 rings (SSSR count). The first-order valence-electron chi connectivity index (χ1n) is 9.19. The minimum absolute atomic E-state index is 0.0325. The van der Waals surface area contributed by atoms with Crippen LogP contribution in [0.5, 0.6) is 5.75 Å². The summed E-state index contributed by atoms with van der Waals surface area (Å²) in [4.78, 5) is 18.8. The molecule has 1 unspecified atom stereocenters. The summed E-state index contributed by atoms with van der Waals surface area (Å²) >= 11 is 1.37. The Labute approximate surface area is 180 Å². The van der Waals surface area contributed by atoms with E-state index in [4.69, 9.17) is 9.88 Å². The number of rotatable bonds is 7. The van der Waals surface area contributed by atoms with Crippen LogP contribution in [0.3, 0.4) is 0 Å². The lowest BCUT2D eigenvalue weighted by molar-refractivity contribution is 0.0737. The van der Waals surface area contributed by atoms with Gasteiger partial charge < -0.3 is 9.64 Å². The van der Waals surface area contributed by atoms with Gasteiger partial charge in [0.2, 0.25) is 10.0 Å². The molecule has 2 aromatic carbocycles. The molecule has 0 aliphatic rings. The summed E-state index contributed by atoms with van der Waals surface area (Å²) in [5, 5.41) is 7.55. The van der Waals surface area contributed by atoms with Crippen LogP contribution in [-0.2, 0) is 16.6 Å². The topological polar surface area (TPSA) is 103 Å². The number of carbonyl (C=O) groups excluding carboxylic acids is 1. The van der Waals surface area contributed by atoms with Crippen LogP contribution in [0.2, 0.25) is 0 Å². The Morgan fingerprint density at radius 2 is 1.80 bits per heavy atom. The third kappa shape index (κ3) is 5.24. The Balaban J connectivity index is 1.64. The van der Waals surface area contributed by atoms with Crippen molar-refractivity contribution in [2.24, 2.45) is 5.14 Å². The van der Waals surface area contributed by atoms with Crippen LogP contribution >= 0.6 is 11.3 Å². The number of aromatic nitrogens is 1. The van der Waals surface area contributed by atoms with Gasteiger partial charge in [0, 0.05) is 12.4 Å². The van der Waals surface area contributed by atoms with Gasteiger partial charge in [-0.1, -0.05) is 29.8 Å². The Morgan fingerprint density at radius 1 is 1.17 bits per heavy atom. The van der Waals surface area contributed by atoms with E-state index >= 15 is 0 Å². The van der Waals surface area contributed by atoms with Gasteiger partial charge in [-0.05, 0) is 43.7 Å². The highest BCUT2D eigenvalue weighted by Gasteiger charge is 2.22. The minimum Gasteiger partial charge on any atom is -0.486 e. The molecular formula is C21H23N3O4S2. The van der Waals surface area contributed by atoms with Crippen LogP contribution in [0.25, 0.3) is 0 Å². The van der Waals surface area contributed by atoms with Crippen molar-refractivity contribution in [3.8, 4) is 5.75 Å². The molecule has 0 radical (unpaired) electrons. The number of amides is 1. The van der Waals surface area contributed by atoms with Gasteiger partial charge in [-0.15, -0.1) is 11.3 Å². The van der Waals surface area contributed by atoms with E-state index in [2.05, 4.69) is 4.98 Å². The largest absolute Gasteiger partial charge is 0.486 e. The maximum atomic E-state index is 12.8. The molecule has 3 aromatic rings. The van der Waals surface area contributed by atoms with Crippen molar-refractivity contribution in [2.75, 3.05) is 7.05 Å². The maximum Gasteiger partial charge on any atom is 0.273 e. The Bertz CT molecular complexity index is 1120. The number of thiazole rings is 1. The van der Waals surface area contributed by atoms with Crippen molar-refractivity contribution in [1.29, 1.82) is 0 Å². The summed E-state index contributed by atoms with van der Waals surface area (Å²) in [5.41, 5.74) is 2.29. The van der Waals surface area contributed by atoms with E-state index in [-0.39, 0.29) is 23.5 Å². The van der Waals surface area contributed by atoms with Gasteiger partial charge in [-0.2, -0.15) is 0 Å². The predicted octanol–water partition coefficient (Wildman–Crippen LogP) is 3.51. The molecule has 1 atom stereocenters. The molecule has 1 heterocycles. The summed E-state index contributed by atoms with van der Waals surface area (Å²) in [6.07, 6.45) is 0. The van der Waals surface area contributed by atoms with Gasteiger partial charge in [0.1, 0.15) is 23.1 Å². The molecule has 0 aliphatic carbocycles. The standard InChI is InChI=1S/C21H23N3O4S2/c1-14-4-8-17(9-5-14)28-12-20-23-19(13-29-20)21(25)24(3)15(2)16-6-10-18(11-7-16)30(22,26)27/h4-11,13,15H,12H2,1-3H3,(H2,22,26,27). The summed E-state index contributed by atoms with van der Waals surface area (Å²) in [6.45, 7) is 4.15. The second kappa shape index (κ2) is 8.95. The van der Waals surface area contributed by atoms with E-state index in [0.717, 1.165) is 16.9 Å². The lowest BCUT2D eigenvalue weighted by Gasteiger charge is -2.24. The smallest absolute Gasteiger partial charge is 0.273 e. The SMILES string of the molecule is Cc1ccc(OCc2nc(C(=O)N(C)C(C)c3ccc(S(N)(=O)=O)cc3)cs2)cc1. The molecule has 1 aromatic heterocycles. The fourth-order valence-electron chi connectivity index (χ4n) is 2.77. The minimum atomic E-state index is -3.75. The molecule has 0 saturated heterocycles. The summed E-state index contributed by atoms with van der Waals surface area (Å²) in [5.74, 6) is 0.521. The predicted molar refractivity (Wildman–Crippen MR) is 116 cm³/mol. The normalized spacial score (nSPS) is 12.4. The van der Waals surface area contributed by atoms with Crippen LogP contribution in [0.1, 0.15) is 39.6 Å². The molecule has 0 bridgehead atoms. The number of hydrogen-bond donors (Lipinski definition) is 1. The number of aryl methyl sites for hydroxylation is 1. The molecule has 7 nitrogen and oxygen atoms in total. The van der Waals surface area contributed by atoms with E-state index < -0.39 is 10.0 Å². The first kappa shape index (κ1) is 21.9. The molecule has 1 amide bonds. The van der Waals surface area contributed by atoms with Crippen LogP contribution < -0.4 is 9.88 Å². The summed E-state index contributed by atoms with van der Waals surface area (Å²) < 4.78 is 28.5. The molecule has 0 spiro atoms. The summed E-state index contributed by atoms with van der Waals surface area (Å²) in [6, 6.07) is 13.6. The second-order valence-corrected chi connectivity index (χ2v) is 9.44. The molecule has 0 aliphatic heterocycles. The first-order valence-corrected chi connectivity index (χ1v) is 11.6. The van der Waals surface area contributed by atoms with Crippen molar-refractivity contribution >= 4 is 27.3 Å². The maximum absolute atomic E-state index is 12.8. The van der Waals surface area contributed by atoms with Crippen LogP contribution in [0.4, 0.5) is 0 Å². The lowest BCUT2D eigenvalue weighted by Crippen LogP contribution is -2.30. The van der Waals surface area contributed by atoms with Gasteiger partial charge in [0.05, 0.1) is 10.9 Å². The first-order chi connectivity index (χ1) is 14.1. The Hall–Kier alpha value is -2.75. The van der Waals surface area contributed by atoms with E-state index in [1.165, 1.54) is 23.5 Å². The number of ether oxygens (including phenoxy) is 1. The lowest BCUT2D eigenvalue weighted by atomic mass is 10.1. The van der Waals surface area contributed by atoms with Crippen molar-refractivity contribution < 1.29 is 17.9 Å². The van der Waals surface area contributed by atoms with Crippen molar-refractivity contribution in [1.82, 2.24) is 9.88 Å². The number of primary sulfonamides is 1. The fourth-order valence-corrected chi connectivity index (χ4v) is 3.97. The monoisotopic (exact) mass is 445 g/mol.